The Balaban J connectivity index is 0. The van der Waals surface area contributed by atoms with Gasteiger partial charge in [-0.1, -0.05) is 96.8 Å². The summed E-state index contributed by atoms with van der Waals surface area (Å²) in [5, 5.41) is 51.5. The van der Waals surface area contributed by atoms with Crippen LogP contribution >= 0.6 is 0 Å². The second kappa shape index (κ2) is 25.1. The van der Waals surface area contributed by atoms with Crippen LogP contribution in [0.4, 0.5) is 0 Å². The van der Waals surface area contributed by atoms with E-state index in [1.807, 2.05) is 0 Å². The monoisotopic (exact) mass is 550 g/mol. The summed E-state index contributed by atoms with van der Waals surface area (Å²) in [5.74, 6) is -5.29. The van der Waals surface area contributed by atoms with Crippen molar-refractivity contribution in [2.45, 2.75) is 134 Å². The zero-order valence-electron chi connectivity index (χ0n) is 22.9. The lowest BCUT2D eigenvalue weighted by Gasteiger charge is -2.18. The van der Waals surface area contributed by atoms with E-state index in [9.17, 15) is 19.2 Å². The first-order valence-electron chi connectivity index (χ1n) is 13.8. The highest BCUT2D eigenvalue weighted by atomic mass is 16.5. The Bertz CT molecular complexity index is 621. The van der Waals surface area contributed by atoms with E-state index in [1.165, 1.54) is 83.5 Å². The van der Waals surface area contributed by atoms with Crippen molar-refractivity contribution >= 4 is 23.9 Å². The number of rotatable bonds is 24. The maximum atomic E-state index is 11.4. The molecule has 0 radical (unpaired) electrons. The number of carboxylic acid groups (broad SMARTS) is 3. The van der Waals surface area contributed by atoms with Gasteiger partial charge in [-0.2, -0.15) is 0 Å². The van der Waals surface area contributed by atoms with Crippen LogP contribution in [0.3, 0.4) is 0 Å². The molecule has 6 N–H and O–H groups in total. The summed E-state index contributed by atoms with van der Waals surface area (Å²) in [6.45, 7) is 1.79. The van der Waals surface area contributed by atoms with Crippen LogP contribution in [0.2, 0.25) is 0 Å². The molecule has 0 spiro atoms. The van der Waals surface area contributed by atoms with E-state index in [1.54, 1.807) is 0 Å². The van der Waals surface area contributed by atoms with Crippen LogP contribution in [0.25, 0.3) is 0 Å². The third-order valence-corrected chi connectivity index (χ3v) is 5.92. The predicted octanol–water partition coefficient (Wildman–Crippen LogP) is 3.90. The van der Waals surface area contributed by atoms with E-state index in [2.05, 4.69) is 6.92 Å². The third-order valence-electron chi connectivity index (χ3n) is 5.92. The fraction of sp³-hybridized carbons (Fsp3) is 0.852. The van der Waals surface area contributed by atoms with Crippen molar-refractivity contribution in [3.63, 3.8) is 0 Å². The zero-order chi connectivity index (χ0) is 29.2. The standard InChI is InChI=1S/C21H42O4.C6H8O7/c1-2-3-4-5-6-7-8-9-10-11-12-13-14-15-16-17-21(24)25-19-20(23)18-22;7-3(8)1-6(13,5(11)12)2-4(9)10/h20,22-23H,2-19H2,1H3;13H,1-2H2,(H,7,8)(H,9,10)(H,11,12). The van der Waals surface area contributed by atoms with Gasteiger partial charge in [0, 0.05) is 6.42 Å². The molecular formula is C27H50O11. The molecule has 38 heavy (non-hydrogen) atoms. The molecular weight excluding hydrogens is 500 g/mol. The number of unbranched alkanes of at least 4 members (excludes halogenated alkanes) is 14. The van der Waals surface area contributed by atoms with Crippen LogP contribution in [0.1, 0.15) is 122 Å². The molecule has 11 nitrogen and oxygen atoms in total. The Labute approximate surface area is 226 Å². The molecule has 0 aromatic heterocycles. The summed E-state index contributed by atoms with van der Waals surface area (Å²) < 4.78 is 4.86. The molecule has 0 fully saturated rings. The van der Waals surface area contributed by atoms with Crippen LogP contribution in [0, 0.1) is 0 Å². The Hall–Kier alpha value is -2.24. The molecule has 0 aliphatic heterocycles. The van der Waals surface area contributed by atoms with Crippen molar-refractivity contribution in [2.24, 2.45) is 0 Å². The Morgan fingerprint density at radius 3 is 1.37 bits per heavy atom. The summed E-state index contributed by atoms with van der Waals surface area (Å²) in [4.78, 5) is 41.9. The van der Waals surface area contributed by atoms with E-state index in [0.717, 1.165) is 12.8 Å². The van der Waals surface area contributed by atoms with Gasteiger partial charge in [-0.05, 0) is 6.42 Å². The van der Waals surface area contributed by atoms with E-state index >= 15 is 0 Å². The molecule has 1 unspecified atom stereocenters. The Morgan fingerprint density at radius 1 is 0.684 bits per heavy atom. The lowest BCUT2D eigenvalue weighted by atomic mass is 9.96. The first kappa shape index (κ1) is 37.9. The van der Waals surface area contributed by atoms with Gasteiger partial charge in [0.2, 0.25) is 0 Å². The normalized spacial score (nSPS) is 11.8. The van der Waals surface area contributed by atoms with Crippen LogP contribution in [0.5, 0.6) is 0 Å². The molecule has 0 saturated heterocycles. The number of carbonyl (C=O) groups is 4. The molecule has 0 bridgehead atoms. The number of aliphatic hydroxyl groups excluding tert-OH is 2. The SMILES string of the molecule is CCCCCCCCCCCCCCCCCC(=O)OCC(O)CO.O=C(O)CC(O)(CC(=O)O)C(=O)O. The highest BCUT2D eigenvalue weighted by molar-refractivity contribution is 5.88. The molecule has 0 aliphatic carbocycles. The molecule has 0 rings (SSSR count). The molecule has 11 heteroatoms. The van der Waals surface area contributed by atoms with Gasteiger partial charge in [0.15, 0.2) is 5.60 Å². The summed E-state index contributed by atoms with van der Waals surface area (Å²) in [6, 6.07) is 0. The molecule has 1 atom stereocenters. The second-order valence-corrected chi connectivity index (χ2v) is 9.70. The van der Waals surface area contributed by atoms with E-state index in [4.69, 9.17) is 35.4 Å². The van der Waals surface area contributed by atoms with Gasteiger partial charge in [0.25, 0.3) is 0 Å². The van der Waals surface area contributed by atoms with Crippen molar-refractivity contribution in [1.82, 2.24) is 0 Å². The van der Waals surface area contributed by atoms with Gasteiger partial charge < -0.3 is 35.4 Å². The fourth-order valence-electron chi connectivity index (χ4n) is 3.67. The lowest BCUT2D eigenvalue weighted by Crippen LogP contribution is -2.42. The fourth-order valence-corrected chi connectivity index (χ4v) is 3.67. The summed E-state index contributed by atoms with van der Waals surface area (Å²) in [6.07, 6.45) is 16.7. The maximum Gasteiger partial charge on any atom is 0.336 e. The van der Waals surface area contributed by atoms with E-state index in [-0.39, 0.29) is 19.2 Å². The summed E-state index contributed by atoms with van der Waals surface area (Å²) in [7, 11) is 0. The molecule has 0 heterocycles. The second-order valence-electron chi connectivity index (χ2n) is 9.70. The smallest absolute Gasteiger partial charge is 0.336 e. The van der Waals surface area contributed by atoms with Crippen molar-refractivity contribution in [3.05, 3.63) is 0 Å². The topological polar surface area (TPSA) is 199 Å². The average molecular weight is 551 g/mol. The van der Waals surface area contributed by atoms with Crippen molar-refractivity contribution in [3.8, 4) is 0 Å². The van der Waals surface area contributed by atoms with Gasteiger partial charge >= 0.3 is 23.9 Å². The van der Waals surface area contributed by atoms with Crippen molar-refractivity contribution in [2.75, 3.05) is 13.2 Å². The number of aliphatic hydroxyl groups is 3. The molecule has 0 aliphatic rings. The molecule has 0 saturated carbocycles. The summed E-state index contributed by atoms with van der Waals surface area (Å²) in [5.41, 5.74) is -2.74. The third kappa shape index (κ3) is 25.4. The van der Waals surface area contributed by atoms with Gasteiger partial charge in [-0.15, -0.1) is 0 Å². The molecule has 0 aromatic rings. The van der Waals surface area contributed by atoms with Crippen molar-refractivity contribution in [1.29, 1.82) is 0 Å². The highest BCUT2D eigenvalue weighted by Crippen LogP contribution is 2.16. The number of ether oxygens (including phenoxy) is 1. The number of hydrogen-bond donors (Lipinski definition) is 6. The highest BCUT2D eigenvalue weighted by Gasteiger charge is 2.40. The minimum atomic E-state index is -2.74. The van der Waals surface area contributed by atoms with Crippen LogP contribution in [-0.4, -0.2) is 79.4 Å². The van der Waals surface area contributed by atoms with Gasteiger partial charge in [0.05, 0.1) is 19.4 Å². The number of carbonyl (C=O) groups excluding carboxylic acids is 1. The van der Waals surface area contributed by atoms with Gasteiger partial charge in [-0.25, -0.2) is 4.79 Å². The summed E-state index contributed by atoms with van der Waals surface area (Å²) >= 11 is 0. The molecule has 224 valence electrons. The minimum absolute atomic E-state index is 0.103. The van der Waals surface area contributed by atoms with Crippen molar-refractivity contribution < 1.29 is 54.6 Å². The minimum Gasteiger partial charge on any atom is -0.481 e. The Morgan fingerprint density at radius 2 is 1.05 bits per heavy atom. The molecule has 0 amide bonds. The van der Waals surface area contributed by atoms with Gasteiger partial charge in [-0.3, -0.25) is 14.4 Å². The first-order valence-corrected chi connectivity index (χ1v) is 13.8. The number of carboxylic acids is 3. The van der Waals surface area contributed by atoms with Crippen LogP contribution in [0.15, 0.2) is 0 Å². The van der Waals surface area contributed by atoms with Crippen LogP contribution in [-0.2, 0) is 23.9 Å². The lowest BCUT2D eigenvalue weighted by molar-refractivity contribution is -0.170. The Kier molecular flexibility index (Phi) is 25.0. The van der Waals surface area contributed by atoms with Gasteiger partial charge in [0.1, 0.15) is 12.7 Å². The average Bonchev–Trinajstić information content (AvgIpc) is 2.84. The zero-order valence-corrected chi connectivity index (χ0v) is 22.9. The number of aliphatic carboxylic acids is 3. The quantitative estimate of drug-likeness (QED) is 0.0752. The molecule has 0 aromatic carbocycles. The first-order chi connectivity index (χ1) is 18.0. The largest absolute Gasteiger partial charge is 0.481 e. The van der Waals surface area contributed by atoms with E-state index in [0.29, 0.717) is 6.42 Å². The maximum absolute atomic E-state index is 11.4. The number of hydrogen-bond acceptors (Lipinski definition) is 8. The predicted molar refractivity (Wildman–Crippen MR) is 141 cm³/mol. The van der Waals surface area contributed by atoms with E-state index < -0.39 is 42.5 Å². The van der Waals surface area contributed by atoms with Crippen LogP contribution < -0.4 is 0 Å². The number of esters is 1.